The van der Waals surface area contributed by atoms with E-state index in [0.717, 1.165) is 0 Å². The Balaban J connectivity index is 2.82. The van der Waals surface area contributed by atoms with Crippen molar-refractivity contribution in [2.24, 2.45) is 11.8 Å². The van der Waals surface area contributed by atoms with Crippen molar-refractivity contribution in [2.75, 3.05) is 20.2 Å². The lowest BCUT2D eigenvalue weighted by Crippen LogP contribution is -2.49. The van der Waals surface area contributed by atoms with E-state index in [0.29, 0.717) is 0 Å². The van der Waals surface area contributed by atoms with E-state index in [2.05, 4.69) is 4.74 Å². The summed E-state index contributed by atoms with van der Waals surface area (Å²) in [5.74, 6) is -2.97. The Morgan fingerprint density at radius 2 is 1.70 bits per heavy atom. The van der Waals surface area contributed by atoms with Crippen molar-refractivity contribution < 1.29 is 29.0 Å². The number of aliphatic carboxylic acids is 1. The Morgan fingerprint density at radius 3 is 2.15 bits per heavy atom. The summed E-state index contributed by atoms with van der Waals surface area (Å²) in [6.07, 6.45) is -0.446. The first-order valence-corrected chi connectivity index (χ1v) is 6.42. The third-order valence-corrected chi connectivity index (χ3v) is 2.99. The predicted molar refractivity (Wildman–Crippen MR) is 69.1 cm³/mol. The lowest BCUT2D eigenvalue weighted by molar-refractivity contribution is -0.151. The molecule has 1 rings (SSSR count). The topological polar surface area (TPSA) is 93.1 Å². The van der Waals surface area contributed by atoms with Crippen LogP contribution in [0.3, 0.4) is 0 Å². The number of hydrogen-bond acceptors (Lipinski definition) is 5. The number of amides is 1. The first kappa shape index (κ1) is 16.3. The van der Waals surface area contributed by atoms with Gasteiger partial charge >= 0.3 is 18.0 Å². The van der Waals surface area contributed by atoms with Crippen LogP contribution >= 0.6 is 0 Å². The Kier molecular flexibility index (Phi) is 4.97. The van der Waals surface area contributed by atoms with Crippen molar-refractivity contribution in [1.29, 1.82) is 0 Å². The molecule has 1 aliphatic heterocycles. The van der Waals surface area contributed by atoms with Gasteiger partial charge in [-0.1, -0.05) is 0 Å². The zero-order chi connectivity index (χ0) is 15.5. The Hall–Kier alpha value is -1.79. The van der Waals surface area contributed by atoms with Crippen molar-refractivity contribution in [3.05, 3.63) is 0 Å². The predicted octanol–water partition coefficient (Wildman–Crippen LogP) is 1.12. The van der Waals surface area contributed by atoms with Gasteiger partial charge in [0.1, 0.15) is 5.60 Å². The maximum absolute atomic E-state index is 12.0. The molecule has 0 saturated carbocycles. The van der Waals surface area contributed by atoms with Gasteiger partial charge in [-0.2, -0.15) is 0 Å². The minimum absolute atomic E-state index is 0.0394. The number of ether oxygens (including phenoxy) is 2. The number of carboxylic acid groups (broad SMARTS) is 1. The van der Waals surface area contributed by atoms with Crippen LogP contribution in [0.15, 0.2) is 0 Å². The average molecular weight is 287 g/mol. The second kappa shape index (κ2) is 6.11. The first-order chi connectivity index (χ1) is 9.14. The summed E-state index contributed by atoms with van der Waals surface area (Å²) in [6, 6.07) is 0. The molecule has 7 heteroatoms. The summed E-state index contributed by atoms with van der Waals surface area (Å²) in [5, 5.41) is 9.11. The second-order valence-electron chi connectivity index (χ2n) is 5.88. The monoisotopic (exact) mass is 287 g/mol. The molecule has 1 heterocycles. The summed E-state index contributed by atoms with van der Waals surface area (Å²) in [4.78, 5) is 36.0. The van der Waals surface area contributed by atoms with Crippen LogP contribution < -0.4 is 0 Å². The van der Waals surface area contributed by atoms with E-state index in [4.69, 9.17) is 9.84 Å². The first-order valence-electron chi connectivity index (χ1n) is 6.42. The molecule has 0 aliphatic carbocycles. The van der Waals surface area contributed by atoms with E-state index in [1.54, 1.807) is 20.8 Å². The SMILES string of the molecule is COC(=O)[C@@H]1CC(C(=O)O)CN(C(=O)OC(C)(C)C)C1. The molecule has 7 nitrogen and oxygen atoms in total. The smallest absolute Gasteiger partial charge is 0.410 e. The van der Waals surface area contributed by atoms with Crippen LogP contribution in [0.2, 0.25) is 0 Å². The van der Waals surface area contributed by atoms with Gasteiger partial charge in [0.25, 0.3) is 0 Å². The van der Waals surface area contributed by atoms with Gasteiger partial charge in [0.05, 0.1) is 18.9 Å². The maximum atomic E-state index is 12.0. The quantitative estimate of drug-likeness (QED) is 0.765. The molecule has 0 aromatic rings. The molecule has 1 unspecified atom stereocenters. The van der Waals surface area contributed by atoms with Gasteiger partial charge in [-0.05, 0) is 27.2 Å². The number of carbonyl (C=O) groups excluding carboxylic acids is 2. The molecule has 2 atom stereocenters. The standard InChI is InChI=1S/C13H21NO6/c1-13(2,3)20-12(18)14-6-8(10(15)16)5-9(7-14)11(17)19-4/h8-9H,5-7H2,1-4H3,(H,15,16)/t8?,9-/m1/s1. The molecule has 1 N–H and O–H groups in total. The van der Waals surface area contributed by atoms with Crippen molar-refractivity contribution in [3.63, 3.8) is 0 Å². The zero-order valence-electron chi connectivity index (χ0n) is 12.2. The van der Waals surface area contributed by atoms with Crippen LogP contribution in [0.4, 0.5) is 4.79 Å². The summed E-state index contributed by atoms with van der Waals surface area (Å²) < 4.78 is 9.85. The molecule has 1 fully saturated rings. The number of esters is 1. The Bertz CT molecular complexity index is 400. The van der Waals surface area contributed by atoms with Crippen molar-refractivity contribution in [1.82, 2.24) is 4.90 Å². The molecule has 0 aromatic heterocycles. The molecular formula is C13H21NO6. The summed E-state index contributed by atoms with van der Waals surface area (Å²) >= 11 is 0. The Morgan fingerprint density at radius 1 is 1.15 bits per heavy atom. The summed E-state index contributed by atoms with van der Waals surface area (Å²) in [6.45, 7) is 5.33. The number of carbonyl (C=O) groups is 3. The van der Waals surface area contributed by atoms with Gasteiger partial charge < -0.3 is 19.5 Å². The van der Waals surface area contributed by atoms with Crippen LogP contribution in [0.5, 0.6) is 0 Å². The molecule has 1 amide bonds. The van der Waals surface area contributed by atoms with Crippen LogP contribution in [-0.2, 0) is 19.1 Å². The third-order valence-electron chi connectivity index (χ3n) is 2.99. The molecule has 0 radical (unpaired) electrons. The normalized spacial score (nSPS) is 23.1. The highest BCUT2D eigenvalue weighted by Crippen LogP contribution is 2.24. The molecule has 20 heavy (non-hydrogen) atoms. The van der Waals surface area contributed by atoms with Gasteiger partial charge in [-0.15, -0.1) is 0 Å². The maximum Gasteiger partial charge on any atom is 0.410 e. The fraction of sp³-hybridized carbons (Fsp3) is 0.769. The van der Waals surface area contributed by atoms with Gasteiger partial charge in [0, 0.05) is 13.1 Å². The highest BCUT2D eigenvalue weighted by Gasteiger charge is 2.38. The summed E-state index contributed by atoms with van der Waals surface area (Å²) in [7, 11) is 1.24. The minimum Gasteiger partial charge on any atom is -0.481 e. The molecule has 0 spiro atoms. The van der Waals surface area contributed by atoms with E-state index in [1.165, 1.54) is 12.0 Å². The number of likely N-dealkylation sites (tertiary alicyclic amines) is 1. The molecular weight excluding hydrogens is 266 g/mol. The van der Waals surface area contributed by atoms with Crippen LogP contribution in [0.25, 0.3) is 0 Å². The van der Waals surface area contributed by atoms with Crippen LogP contribution in [-0.4, -0.2) is 53.8 Å². The van der Waals surface area contributed by atoms with Crippen molar-refractivity contribution >= 4 is 18.0 Å². The highest BCUT2D eigenvalue weighted by atomic mass is 16.6. The fourth-order valence-corrected chi connectivity index (χ4v) is 2.09. The zero-order valence-corrected chi connectivity index (χ0v) is 12.2. The molecule has 0 aromatic carbocycles. The summed E-state index contributed by atoms with van der Waals surface area (Å²) in [5.41, 5.74) is -0.673. The van der Waals surface area contributed by atoms with E-state index in [1.807, 2.05) is 0 Å². The highest BCUT2D eigenvalue weighted by molar-refractivity contribution is 5.78. The number of carboxylic acids is 1. The number of piperidine rings is 1. The average Bonchev–Trinajstić information content (AvgIpc) is 2.35. The molecule has 1 saturated heterocycles. The van der Waals surface area contributed by atoms with E-state index >= 15 is 0 Å². The lowest BCUT2D eigenvalue weighted by atomic mass is 9.89. The largest absolute Gasteiger partial charge is 0.481 e. The Labute approximate surface area is 117 Å². The van der Waals surface area contributed by atoms with Gasteiger partial charge in [0.15, 0.2) is 0 Å². The van der Waals surface area contributed by atoms with Crippen molar-refractivity contribution in [3.8, 4) is 0 Å². The van der Waals surface area contributed by atoms with Gasteiger partial charge in [0.2, 0.25) is 0 Å². The van der Waals surface area contributed by atoms with Gasteiger partial charge in [-0.3, -0.25) is 9.59 Å². The van der Waals surface area contributed by atoms with E-state index in [-0.39, 0.29) is 19.5 Å². The molecule has 1 aliphatic rings. The van der Waals surface area contributed by atoms with Crippen LogP contribution in [0.1, 0.15) is 27.2 Å². The lowest BCUT2D eigenvalue weighted by Gasteiger charge is -2.35. The fourth-order valence-electron chi connectivity index (χ4n) is 2.09. The van der Waals surface area contributed by atoms with Crippen molar-refractivity contribution in [2.45, 2.75) is 32.8 Å². The molecule has 0 bridgehead atoms. The van der Waals surface area contributed by atoms with Crippen LogP contribution in [0, 0.1) is 11.8 Å². The third kappa shape index (κ3) is 4.40. The van der Waals surface area contributed by atoms with E-state index < -0.39 is 35.5 Å². The van der Waals surface area contributed by atoms with E-state index in [9.17, 15) is 14.4 Å². The number of nitrogens with zero attached hydrogens (tertiary/aromatic N) is 1. The number of hydrogen-bond donors (Lipinski definition) is 1. The molecule has 114 valence electrons. The van der Waals surface area contributed by atoms with Gasteiger partial charge in [-0.25, -0.2) is 4.79 Å². The second-order valence-corrected chi connectivity index (χ2v) is 5.88. The number of methoxy groups -OCH3 is 1. The minimum atomic E-state index is -1.04. The number of rotatable bonds is 2.